The molecule has 0 saturated carbocycles. The highest BCUT2D eigenvalue weighted by atomic mass is 79.9. The van der Waals surface area contributed by atoms with Crippen LogP contribution in [0.15, 0.2) is 6.07 Å². The summed E-state index contributed by atoms with van der Waals surface area (Å²) in [6.07, 6.45) is 3.86. The maximum absolute atomic E-state index is 4.55. The summed E-state index contributed by atoms with van der Waals surface area (Å²) in [7, 11) is 0. The van der Waals surface area contributed by atoms with Crippen LogP contribution in [-0.4, -0.2) is 27.9 Å². The lowest BCUT2D eigenvalue weighted by atomic mass is 10.0. The Kier molecular flexibility index (Phi) is 3.79. The summed E-state index contributed by atoms with van der Waals surface area (Å²) in [5.41, 5.74) is 1.06. The van der Waals surface area contributed by atoms with Gasteiger partial charge in [-0.05, 0) is 33.1 Å². The molecule has 16 heavy (non-hydrogen) atoms. The lowest BCUT2D eigenvalue weighted by Gasteiger charge is -2.35. The van der Waals surface area contributed by atoms with Crippen LogP contribution >= 0.6 is 15.9 Å². The first-order chi connectivity index (χ1) is 7.70. The Labute approximate surface area is 105 Å². The molecule has 1 aromatic rings. The smallest absolute Gasteiger partial charge is 0.132 e. The van der Waals surface area contributed by atoms with Crippen molar-refractivity contribution in [1.82, 2.24) is 9.97 Å². The molecule has 0 spiro atoms. The van der Waals surface area contributed by atoms with Gasteiger partial charge < -0.3 is 4.90 Å². The van der Waals surface area contributed by atoms with E-state index in [4.69, 9.17) is 0 Å². The van der Waals surface area contributed by atoms with E-state index in [9.17, 15) is 0 Å². The zero-order valence-electron chi connectivity index (χ0n) is 9.91. The predicted molar refractivity (Wildman–Crippen MR) is 70.3 cm³/mol. The number of hydrogen-bond donors (Lipinski definition) is 0. The summed E-state index contributed by atoms with van der Waals surface area (Å²) in [6, 6.07) is 2.68. The number of nitrogens with zero attached hydrogens (tertiary/aromatic N) is 3. The van der Waals surface area contributed by atoms with E-state index < -0.39 is 0 Å². The Morgan fingerprint density at radius 3 is 2.88 bits per heavy atom. The van der Waals surface area contributed by atoms with Crippen molar-refractivity contribution in [1.29, 1.82) is 0 Å². The Balaban J connectivity index is 2.26. The van der Waals surface area contributed by atoms with Crippen molar-refractivity contribution >= 4 is 21.7 Å². The Bertz CT molecular complexity index is 347. The van der Waals surface area contributed by atoms with Crippen molar-refractivity contribution < 1.29 is 0 Å². The number of piperidine rings is 1. The minimum absolute atomic E-state index is 0.586. The number of hydrogen-bond acceptors (Lipinski definition) is 3. The first-order valence-electron chi connectivity index (χ1n) is 5.85. The Morgan fingerprint density at radius 2 is 2.19 bits per heavy atom. The third kappa shape index (κ3) is 2.54. The summed E-state index contributed by atoms with van der Waals surface area (Å²) >= 11 is 3.60. The van der Waals surface area contributed by atoms with Gasteiger partial charge >= 0.3 is 0 Å². The van der Waals surface area contributed by atoms with E-state index in [0.29, 0.717) is 6.04 Å². The number of aromatic nitrogens is 2. The standard InChI is InChI=1S/C12H18BrN3/c1-9-7-12(15-10(2)14-9)16-6-4-3-5-11(16)8-13/h7,11H,3-6,8H2,1-2H3. The monoisotopic (exact) mass is 283 g/mol. The number of alkyl halides is 1. The fourth-order valence-electron chi connectivity index (χ4n) is 2.31. The van der Waals surface area contributed by atoms with Crippen LogP contribution in [0.5, 0.6) is 0 Å². The summed E-state index contributed by atoms with van der Waals surface area (Å²) in [5.74, 6) is 1.96. The van der Waals surface area contributed by atoms with Gasteiger partial charge in [-0.15, -0.1) is 0 Å². The molecule has 1 atom stereocenters. The molecule has 0 amide bonds. The number of rotatable bonds is 2. The van der Waals surface area contributed by atoms with Crippen LogP contribution in [0.25, 0.3) is 0 Å². The van der Waals surface area contributed by atoms with Crippen molar-refractivity contribution in [2.45, 2.75) is 39.2 Å². The molecular formula is C12H18BrN3. The molecule has 0 aromatic carbocycles. The van der Waals surface area contributed by atoms with E-state index in [-0.39, 0.29) is 0 Å². The molecule has 0 bridgehead atoms. The molecule has 1 saturated heterocycles. The fraction of sp³-hybridized carbons (Fsp3) is 0.667. The predicted octanol–water partition coefficient (Wildman–Crippen LogP) is 2.85. The number of aryl methyl sites for hydroxylation is 2. The van der Waals surface area contributed by atoms with Crippen molar-refractivity contribution in [3.8, 4) is 0 Å². The molecule has 1 aliphatic heterocycles. The van der Waals surface area contributed by atoms with Gasteiger partial charge in [-0.2, -0.15) is 0 Å². The second-order valence-corrected chi connectivity index (χ2v) is 5.06. The van der Waals surface area contributed by atoms with Crippen LogP contribution in [0.4, 0.5) is 5.82 Å². The second kappa shape index (κ2) is 5.13. The maximum atomic E-state index is 4.55. The molecule has 1 fully saturated rings. The van der Waals surface area contributed by atoms with Crippen LogP contribution < -0.4 is 4.90 Å². The molecule has 2 heterocycles. The van der Waals surface area contributed by atoms with Crippen LogP contribution in [0.3, 0.4) is 0 Å². The first kappa shape index (κ1) is 11.8. The van der Waals surface area contributed by atoms with Crippen molar-refractivity contribution in [2.75, 3.05) is 16.8 Å². The minimum atomic E-state index is 0.586. The molecule has 1 aromatic heterocycles. The van der Waals surface area contributed by atoms with Gasteiger partial charge in [-0.25, -0.2) is 9.97 Å². The Hall–Kier alpha value is -0.640. The van der Waals surface area contributed by atoms with E-state index in [1.165, 1.54) is 19.3 Å². The van der Waals surface area contributed by atoms with Gasteiger partial charge in [0.2, 0.25) is 0 Å². The van der Waals surface area contributed by atoms with Gasteiger partial charge in [-0.3, -0.25) is 0 Å². The summed E-state index contributed by atoms with van der Waals surface area (Å²) in [4.78, 5) is 11.3. The van der Waals surface area contributed by atoms with Gasteiger partial charge in [0.05, 0.1) is 0 Å². The maximum Gasteiger partial charge on any atom is 0.132 e. The van der Waals surface area contributed by atoms with E-state index in [1.54, 1.807) is 0 Å². The number of anilines is 1. The van der Waals surface area contributed by atoms with Crippen LogP contribution in [0.2, 0.25) is 0 Å². The molecule has 1 unspecified atom stereocenters. The molecule has 4 heteroatoms. The third-order valence-electron chi connectivity index (χ3n) is 3.05. The quantitative estimate of drug-likeness (QED) is 0.782. The van der Waals surface area contributed by atoms with Crippen molar-refractivity contribution in [3.05, 3.63) is 17.6 Å². The first-order valence-corrected chi connectivity index (χ1v) is 6.98. The molecule has 1 aliphatic rings. The summed E-state index contributed by atoms with van der Waals surface area (Å²) in [5, 5.41) is 1.02. The summed E-state index contributed by atoms with van der Waals surface area (Å²) < 4.78 is 0. The highest BCUT2D eigenvalue weighted by molar-refractivity contribution is 9.09. The van der Waals surface area contributed by atoms with Gasteiger partial charge in [0, 0.05) is 29.7 Å². The largest absolute Gasteiger partial charge is 0.353 e. The van der Waals surface area contributed by atoms with E-state index >= 15 is 0 Å². The second-order valence-electron chi connectivity index (χ2n) is 4.41. The molecule has 0 radical (unpaired) electrons. The molecule has 3 nitrogen and oxygen atoms in total. The van der Waals surface area contributed by atoms with Crippen LogP contribution in [0, 0.1) is 13.8 Å². The fourth-order valence-corrected chi connectivity index (χ4v) is 2.98. The van der Waals surface area contributed by atoms with Crippen LogP contribution in [0.1, 0.15) is 30.8 Å². The van der Waals surface area contributed by atoms with E-state index in [0.717, 1.165) is 29.2 Å². The zero-order valence-corrected chi connectivity index (χ0v) is 11.5. The Morgan fingerprint density at radius 1 is 1.38 bits per heavy atom. The van der Waals surface area contributed by atoms with Gasteiger partial charge in [0.15, 0.2) is 0 Å². The molecule has 88 valence electrons. The minimum Gasteiger partial charge on any atom is -0.353 e. The normalized spacial score (nSPS) is 21.2. The molecule has 0 N–H and O–H groups in total. The lowest BCUT2D eigenvalue weighted by Crippen LogP contribution is -2.41. The average molecular weight is 284 g/mol. The SMILES string of the molecule is Cc1cc(N2CCCCC2CBr)nc(C)n1. The zero-order chi connectivity index (χ0) is 11.5. The van der Waals surface area contributed by atoms with Gasteiger partial charge in [0.25, 0.3) is 0 Å². The molecular weight excluding hydrogens is 266 g/mol. The summed E-state index contributed by atoms with van der Waals surface area (Å²) in [6.45, 7) is 5.11. The number of halogens is 1. The topological polar surface area (TPSA) is 29.0 Å². The van der Waals surface area contributed by atoms with E-state index in [1.807, 2.05) is 13.8 Å². The van der Waals surface area contributed by atoms with E-state index in [2.05, 4.69) is 36.9 Å². The van der Waals surface area contributed by atoms with Crippen molar-refractivity contribution in [3.63, 3.8) is 0 Å². The highest BCUT2D eigenvalue weighted by Gasteiger charge is 2.22. The van der Waals surface area contributed by atoms with Gasteiger partial charge in [0.1, 0.15) is 11.6 Å². The van der Waals surface area contributed by atoms with Crippen molar-refractivity contribution in [2.24, 2.45) is 0 Å². The van der Waals surface area contributed by atoms with Gasteiger partial charge in [-0.1, -0.05) is 15.9 Å². The third-order valence-corrected chi connectivity index (χ3v) is 3.80. The lowest BCUT2D eigenvalue weighted by molar-refractivity contribution is 0.487. The molecule has 2 rings (SSSR count). The molecule has 0 aliphatic carbocycles. The van der Waals surface area contributed by atoms with Crippen LogP contribution in [-0.2, 0) is 0 Å². The average Bonchev–Trinajstić information content (AvgIpc) is 2.27. The highest BCUT2D eigenvalue weighted by Crippen LogP contribution is 2.24.